The van der Waals surface area contributed by atoms with E-state index in [1.165, 1.54) is 36.2 Å². The largest absolute Gasteiger partial charge is 0.493 e. The lowest BCUT2D eigenvalue weighted by atomic mass is 10.1. The highest BCUT2D eigenvalue weighted by Crippen LogP contribution is 2.37. The molecule has 7 nitrogen and oxygen atoms in total. The first-order chi connectivity index (χ1) is 16.7. The minimum absolute atomic E-state index is 0.0684. The number of nitrogens with one attached hydrogen (secondary N) is 1. The van der Waals surface area contributed by atoms with Gasteiger partial charge in [0.25, 0.3) is 5.91 Å². The minimum atomic E-state index is -3.73. The summed E-state index contributed by atoms with van der Waals surface area (Å²) in [6.07, 6.45) is 2.67. The Hall–Kier alpha value is -3.52. The third-order valence-corrected chi connectivity index (χ3v) is 6.80. The zero-order valence-corrected chi connectivity index (χ0v) is 21.3. The number of ether oxygens (including phenoxy) is 2. The summed E-state index contributed by atoms with van der Waals surface area (Å²) in [5.41, 5.74) is 2.39. The van der Waals surface area contributed by atoms with Crippen LogP contribution in [0.1, 0.15) is 34.8 Å². The molecule has 3 rings (SSSR count). The van der Waals surface area contributed by atoms with Crippen molar-refractivity contribution >= 4 is 21.6 Å². The van der Waals surface area contributed by atoms with Crippen LogP contribution < -0.4 is 19.1 Å². The van der Waals surface area contributed by atoms with Crippen molar-refractivity contribution < 1.29 is 22.7 Å². The molecule has 0 aliphatic carbocycles. The zero-order valence-electron chi connectivity index (χ0n) is 20.5. The zero-order chi connectivity index (χ0) is 25.4. The van der Waals surface area contributed by atoms with Crippen molar-refractivity contribution in [2.45, 2.75) is 32.4 Å². The molecule has 0 radical (unpaired) electrons. The van der Waals surface area contributed by atoms with E-state index in [4.69, 9.17) is 9.47 Å². The van der Waals surface area contributed by atoms with Crippen LogP contribution in [0.4, 0.5) is 5.69 Å². The molecule has 1 N–H and O–H groups in total. The van der Waals surface area contributed by atoms with E-state index in [9.17, 15) is 13.2 Å². The van der Waals surface area contributed by atoms with Crippen LogP contribution in [-0.2, 0) is 23.0 Å². The molecule has 0 aliphatic rings. The number of benzene rings is 3. The SMILES string of the molecule is COc1cc(C(=O)N[C@@H](C)CCc2ccccc2)c(N(Cc2ccccc2)S(C)(=O)=O)cc1OC. The molecule has 0 heterocycles. The summed E-state index contributed by atoms with van der Waals surface area (Å²) in [7, 11) is -0.795. The van der Waals surface area contributed by atoms with Crippen LogP contribution in [0, 0.1) is 0 Å². The van der Waals surface area contributed by atoms with Gasteiger partial charge in [0.15, 0.2) is 11.5 Å². The van der Waals surface area contributed by atoms with Gasteiger partial charge in [-0.25, -0.2) is 8.42 Å². The Morgan fingerprint density at radius 2 is 1.46 bits per heavy atom. The van der Waals surface area contributed by atoms with Gasteiger partial charge < -0.3 is 14.8 Å². The van der Waals surface area contributed by atoms with Crippen LogP contribution in [-0.4, -0.2) is 40.8 Å². The van der Waals surface area contributed by atoms with Crippen molar-refractivity contribution in [3.8, 4) is 11.5 Å². The average Bonchev–Trinajstić information content (AvgIpc) is 2.85. The third-order valence-electron chi connectivity index (χ3n) is 5.67. The standard InChI is InChI=1S/C27H32N2O5S/c1-20(15-16-21-11-7-5-8-12-21)28-27(30)23-17-25(33-2)26(34-3)18-24(23)29(35(4,31)32)19-22-13-9-6-10-14-22/h5-14,17-18,20H,15-16,19H2,1-4H3,(H,28,30)/t20-/m0/s1. The summed E-state index contributed by atoms with van der Waals surface area (Å²) in [5, 5.41) is 3.01. The first-order valence-corrected chi connectivity index (χ1v) is 13.2. The quantitative estimate of drug-likeness (QED) is 0.425. The topological polar surface area (TPSA) is 84.9 Å². The van der Waals surface area contributed by atoms with Gasteiger partial charge in [-0.2, -0.15) is 0 Å². The smallest absolute Gasteiger partial charge is 0.253 e. The van der Waals surface area contributed by atoms with Crippen LogP contribution >= 0.6 is 0 Å². The molecular weight excluding hydrogens is 464 g/mol. The summed E-state index contributed by atoms with van der Waals surface area (Å²) in [5.74, 6) is 0.285. The van der Waals surface area contributed by atoms with E-state index in [0.717, 1.165) is 24.7 Å². The second kappa shape index (κ2) is 11.8. The number of nitrogens with zero attached hydrogens (tertiary/aromatic N) is 1. The molecule has 186 valence electrons. The molecule has 3 aromatic carbocycles. The van der Waals surface area contributed by atoms with Crippen LogP contribution in [0.5, 0.6) is 11.5 Å². The van der Waals surface area contributed by atoms with E-state index in [-0.39, 0.29) is 29.7 Å². The maximum Gasteiger partial charge on any atom is 0.253 e. The molecule has 0 saturated carbocycles. The van der Waals surface area contributed by atoms with Gasteiger partial charge in [-0.1, -0.05) is 60.7 Å². The molecule has 35 heavy (non-hydrogen) atoms. The first kappa shape index (κ1) is 26.1. The molecule has 0 unspecified atom stereocenters. The Bertz CT molecular complexity index is 1230. The van der Waals surface area contributed by atoms with Crippen molar-refractivity contribution in [1.29, 1.82) is 0 Å². The predicted octanol–water partition coefficient (Wildman–Crippen LogP) is 4.42. The molecule has 0 aliphatic heterocycles. The number of hydrogen-bond acceptors (Lipinski definition) is 5. The van der Waals surface area contributed by atoms with E-state index in [0.29, 0.717) is 11.5 Å². The molecule has 0 saturated heterocycles. The average molecular weight is 497 g/mol. The number of carbonyl (C=O) groups excluding carboxylic acids is 1. The third kappa shape index (κ3) is 6.99. The van der Waals surface area contributed by atoms with Crippen molar-refractivity contribution in [2.24, 2.45) is 0 Å². The van der Waals surface area contributed by atoms with Gasteiger partial charge in [-0.3, -0.25) is 9.10 Å². The number of amides is 1. The molecule has 8 heteroatoms. The number of carbonyl (C=O) groups is 1. The highest BCUT2D eigenvalue weighted by molar-refractivity contribution is 7.92. The molecule has 0 aromatic heterocycles. The number of aryl methyl sites for hydroxylation is 1. The fourth-order valence-corrected chi connectivity index (χ4v) is 4.68. The molecule has 3 aromatic rings. The maximum absolute atomic E-state index is 13.4. The summed E-state index contributed by atoms with van der Waals surface area (Å²) >= 11 is 0. The Morgan fingerprint density at radius 3 is 2.00 bits per heavy atom. The van der Waals surface area contributed by atoms with Gasteiger partial charge in [0.2, 0.25) is 10.0 Å². The van der Waals surface area contributed by atoms with E-state index >= 15 is 0 Å². The highest BCUT2D eigenvalue weighted by atomic mass is 32.2. The van der Waals surface area contributed by atoms with Gasteiger partial charge in [0, 0.05) is 12.1 Å². The fourth-order valence-electron chi connectivity index (χ4n) is 3.79. The lowest BCUT2D eigenvalue weighted by Gasteiger charge is -2.26. The first-order valence-electron chi connectivity index (χ1n) is 11.4. The second-order valence-corrected chi connectivity index (χ2v) is 10.3. The van der Waals surface area contributed by atoms with Gasteiger partial charge >= 0.3 is 0 Å². The van der Waals surface area contributed by atoms with Crippen LogP contribution in [0.15, 0.2) is 72.8 Å². The van der Waals surface area contributed by atoms with Gasteiger partial charge in [0.1, 0.15) is 0 Å². The Labute approximate surface area is 207 Å². The molecule has 1 atom stereocenters. The van der Waals surface area contributed by atoms with Gasteiger partial charge in [-0.15, -0.1) is 0 Å². The number of methoxy groups -OCH3 is 2. The fraction of sp³-hybridized carbons (Fsp3) is 0.296. The van der Waals surface area contributed by atoms with E-state index in [2.05, 4.69) is 17.4 Å². The lowest BCUT2D eigenvalue weighted by Crippen LogP contribution is -2.36. The molecular formula is C27H32N2O5S. The second-order valence-electron chi connectivity index (χ2n) is 8.38. The summed E-state index contributed by atoms with van der Waals surface area (Å²) < 4.78 is 37.8. The number of sulfonamides is 1. The van der Waals surface area contributed by atoms with Crippen molar-refractivity contribution in [3.63, 3.8) is 0 Å². The van der Waals surface area contributed by atoms with Crippen LogP contribution in [0.2, 0.25) is 0 Å². The van der Waals surface area contributed by atoms with Crippen molar-refractivity contribution in [2.75, 3.05) is 24.8 Å². The van der Waals surface area contributed by atoms with Gasteiger partial charge in [-0.05, 0) is 37.0 Å². The normalized spacial score (nSPS) is 12.0. The summed E-state index contributed by atoms with van der Waals surface area (Å²) in [4.78, 5) is 13.4. The highest BCUT2D eigenvalue weighted by Gasteiger charge is 2.27. The Kier molecular flexibility index (Phi) is 8.76. The lowest BCUT2D eigenvalue weighted by molar-refractivity contribution is 0.0938. The van der Waals surface area contributed by atoms with Crippen LogP contribution in [0.25, 0.3) is 0 Å². The van der Waals surface area contributed by atoms with Gasteiger partial charge in [0.05, 0.1) is 38.3 Å². The molecule has 0 bridgehead atoms. The molecule has 0 spiro atoms. The Morgan fingerprint density at radius 1 is 0.914 bits per heavy atom. The van der Waals surface area contributed by atoms with E-state index in [1.807, 2.05) is 55.5 Å². The summed E-state index contributed by atoms with van der Waals surface area (Å²) in [6, 6.07) is 22.2. The van der Waals surface area contributed by atoms with E-state index in [1.54, 1.807) is 0 Å². The number of anilines is 1. The number of hydrogen-bond donors (Lipinski definition) is 1. The Balaban J connectivity index is 1.95. The minimum Gasteiger partial charge on any atom is -0.493 e. The van der Waals surface area contributed by atoms with E-state index < -0.39 is 10.0 Å². The monoisotopic (exact) mass is 496 g/mol. The van der Waals surface area contributed by atoms with Crippen molar-refractivity contribution in [3.05, 3.63) is 89.5 Å². The molecule has 1 amide bonds. The molecule has 0 fully saturated rings. The summed E-state index contributed by atoms with van der Waals surface area (Å²) in [6.45, 7) is 2.00. The van der Waals surface area contributed by atoms with Crippen LogP contribution in [0.3, 0.4) is 0 Å². The predicted molar refractivity (Wildman–Crippen MR) is 139 cm³/mol. The maximum atomic E-state index is 13.4. The number of rotatable bonds is 11. The van der Waals surface area contributed by atoms with Crippen molar-refractivity contribution in [1.82, 2.24) is 5.32 Å².